The number of halogens is 1. The molecule has 0 saturated heterocycles. The van der Waals surface area contributed by atoms with Crippen LogP contribution in [0.2, 0.25) is 0 Å². The van der Waals surface area contributed by atoms with Crippen LogP contribution < -0.4 is 4.74 Å². The Balaban J connectivity index is 2.64. The molecule has 94 valence electrons. The molecule has 0 atom stereocenters. The van der Waals surface area contributed by atoms with E-state index in [1.807, 2.05) is 18.2 Å². The van der Waals surface area contributed by atoms with Gasteiger partial charge in [-0.15, -0.1) is 0 Å². The third kappa shape index (κ3) is 4.66. The van der Waals surface area contributed by atoms with E-state index in [1.54, 1.807) is 7.11 Å². The summed E-state index contributed by atoms with van der Waals surface area (Å²) in [7, 11) is 1.61. The number of carbonyl (C=O) groups is 1. The van der Waals surface area contributed by atoms with Gasteiger partial charge in [0.15, 0.2) is 5.78 Å². The second kappa shape index (κ2) is 7.69. The molecule has 0 heterocycles. The molecule has 0 amide bonds. The first-order chi connectivity index (χ1) is 8.19. The lowest BCUT2D eigenvalue weighted by molar-refractivity contribution is 0.0976. The number of benzene rings is 1. The third-order valence-electron chi connectivity index (χ3n) is 2.72. The van der Waals surface area contributed by atoms with Gasteiger partial charge in [0.2, 0.25) is 0 Å². The fraction of sp³-hybridized carbons (Fsp3) is 0.500. The van der Waals surface area contributed by atoms with E-state index < -0.39 is 0 Å². The Morgan fingerprint density at radius 1 is 1.29 bits per heavy atom. The lowest BCUT2D eigenvalue weighted by atomic mass is 10.0. The summed E-state index contributed by atoms with van der Waals surface area (Å²) in [5.41, 5.74) is 0.718. The van der Waals surface area contributed by atoms with Crippen molar-refractivity contribution >= 4 is 28.4 Å². The zero-order valence-electron chi connectivity index (χ0n) is 10.5. The molecule has 3 heteroatoms. The standard InChI is InChI=1S/C14H19IO2/c1-3-4-5-6-7-13(16)12-10-11(15)8-9-14(12)17-2/h8-10H,3-7H2,1-2H3. The van der Waals surface area contributed by atoms with Gasteiger partial charge in [-0.3, -0.25) is 4.79 Å². The first-order valence-corrected chi connectivity index (χ1v) is 7.13. The van der Waals surface area contributed by atoms with E-state index in [2.05, 4.69) is 29.5 Å². The highest BCUT2D eigenvalue weighted by Gasteiger charge is 2.12. The molecule has 0 aliphatic rings. The number of methoxy groups -OCH3 is 1. The number of rotatable bonds is 7. The van der Waals surface area contributed by atoms with Crippen molar-refractivity contribution < 1.29 is 9.53 Å². The first kappa shape index (κ1) is 14.5. The highest BCUT2D eigenvalue weighted by molar-refractivity contribution is 14.1. The maximum absolute atomic E-state index is 12.1. The second-order valence-electron chi connectivity index (χ2n) is 4.08. The van der Waals surface area contributed by atoms with Crippen molar-refractivity contribution in [2.75, 3.05) is 7.11 Å². The first-order valence-electron chi connectivity index (χ1n) is 6.05. The molecule has 0 fully saturated rings. The molecule has 0 N–H and O–H groups in total. The second-order valence-corrected chi connectivity index (χ2v) is 5.32. The van der Waals surface area contributed by atoms with E-state index in [1.165, 1.54) is 12.8 Å². The summed E-state index contributed by atoms with van der Waals surface area (Å²) in [6.45, 7) is 2.17. The number of hydrogen-bond acceptors (Lipinski definition) is 2. The minimum Gasteiger partial charge on any atom is -0.496 e. The zero-order chi connectivity index (χ0) is 12.7. The Labute approximate surface area is 117 Å². The average molecular weight is 346 g/mol. The maximum atomic E-state index is 12.1. The van der Waals surface area contributed by atoms with Gasteiger partial charge in [-0.2, -0.15) is 0 Å². The summed E-state index contributed by atoms with van der Waals surface area (Å²) in [6.07, 6.45) is 5.13. The average Bonchev–Trinajstić information content (AvgIpc) is 2.34. The number of ether oxygens (including phenoxy) is 1. The van der Waals surface area contributed by atoms with Crippen LogP contribution in [-0.4, -0.2) is 12.9 Å². The van der Waals surface area contributed by atoms with Crippen LogP contribution >= 0.6 is 22.6 Å². The van der Waals surface area contributed by atoms with Crippen LogP contribution in [-0.2, 0) is 0 Å². The lowest BCUT2D eigenvalue weighted by Gasteiger charge is -2.08. The molecule has 0 aliphatic carbocycles. The highest BCUT2D eigenvalue weighted by atomic mass is 127. The Hall–Kier alpha value is -0.580. The van der Waals surface area contributed by atoms with Crippen LogP contribution in [0.4, 0.5) is 0 Å². The van der Waals surface area contributed by atoms with Crippen molar-refractivity contribution in [2.45, 2.75) is 39.0 Å². The third-order valence-corrected chi connectivity index (χ3v) is 3.39. The van der Waals surface area contributed by atoms with Crippen LogP contribution in [0, 0.1) is 3.57 Å². The Morgan fingerprint density at radius 2 is 2.06 bits per heavy atom. The fourth-order valence-corrected chi connectivity index (χ4v) is 2.24. The van der Waals surface area contributed by atoms with Gasteiger partial charge in [-0.25, -0.2) is 0 Å². The van der Waals surface area contributed by atoms with E-state index >= 15 is 0 Å². The topological polar surface area (TPSA) is 26.3 Å². The monoisotopic (exact) mass is 346 g/mol. The summed E-state index contributed by atoms with van der Waals surface area (Å²) < 4.78 is 6.29. The van der Waals surface area contributed by atoms with Crippen molar-refractivity contribution in [3.8, 4) is 5.75 Å². The number of carbonyl (C=O) groups excluding carboxylic acids is 1. The van der Waals surface area contributed by atoms with Crippen molar-refractivity contribution in [1.29, 1.82) is 0 Å². The molecule has 0 radical (unpaired) electrons. The van der Waals surface area contributed by atoms with E-state index in [-0.39, 0.29) is 5.78 Å². The maximum Gasteiger partial charge on any atom is 0.166 e. The van der Waals surface area contributed by atoms with E-state index in [0.717, 1.165) is 22.0 Å². The zero-order valence-corrected chi connectivity index (χ0v) is 12.6. The Bertz CT molecular complexity index is 374. The molecule has 0 aromatic heterocycles. The minimum absolute atomic E-state index is 0.191. The van der Waals surface area contributed by atoms with Crippen molar-refractivity contribution in [3.63, 3.8) is 0 Å². The predicted octanol–water partition coefficient (Wildman–Crippen LogP) is 4.45. The van der Waals surface area contributed by atoms with Gasteiger partial charge in [-0.1, -0.05) is 26.2 Å². The van der Waals surface area contributed by atoms with Crippen LogP contribution in [0.5, 0.6) is 5.75 Å². The summed E-state index contributed by atoms with van der Waals surface area (Å²) in [5, 5.41) is 0. The number of unbranched alkanes of at least 4 members (excludes halogenated alkanes) is 3. The van der Waals surface area contributed by atoms with Gasteiger partial charge >= 0.3 is 0 Å². The van der Waals surface area contributed by atoms with Gasteiger partial charge in [0, 0.05) is 9.99 Å². The van der Waals surface area contributed by atoms with E-state index in [0.29, 0.717) is 12.2 Å². The Morgan fingerprint density at radius 3 is 2.71 bits per heavy atom. The van der Waals surface area contributed by atoms with Crippen LogP contribution in [0.3, 0.4) is 0 Å². The van der Waals surface area contributed by atoms with Crippen LogP contribution in [0.25, 0.3) is 0 Å². The van der Waals surface area contributed by atoms with E-state index in [9.17, 15) is 4.79 Å². The van der Waals surface area contributed by atoms with Crippen molar-refractivity contribution in [1.82, 2.24) is 0 Å². The van der Waals surface area contributed by atoms with Gasteiger partial charge in [-0.05, 0) is 47.2 Å². The molecule has 1 aromatic rings. The van der Waals surface area contributed by atoms with Gasteiger partial charge in [0.25, 0.3) is 0 Å². The van der Waals surface area contributed by atoms with Crippen LogP contribution in [0.15, 0.2) is 18.2 Å². The number of hydrogen-bond donors (Lipinski definition) is 0. The molecule has 1 aromatic carbocycles. The van der Waals surface area contributed by atoms with Gasteiger partial charge in [0.1, 0.15) is 5.75 Å². The molecule has 0 unspecified atom stereocenters. The quantitative estimate of drug-likeness (QED) is 0.414. The molecule has 1 rings (SSSR count). The minimum atomic E-state index is 0.191. The number of ketones is 1. The van der Waals surface area contributed by atoms with Gasteiger partial charge < -0.3 is 4.74 Å². The molecule has 2 nitrogen and oxygen atoms in total. The molecular weight excluding hydrogens is 327 g/mol. The molecule has 17 heavy (non-hydrogen) atoms. The Kier molecular flexibility index (Phi) is 6.55. The number of Topliss-reactive ketones (excluding diaryl/α,β-unsaturated/α-hetero) is 1. The normalized spacial score (nSPS) is 10.3. The molecule has 0 spiro atoms. The summed E-state index contributed by atoms with van der Waals surface area (Å²) in [6, 6.07) is 5.72. The SMILES string of the molecule is CCCCCCC(=O)c1cc(I)ccc1OC. The summed E-state index contributed by atoms with van der Waals surface area (Å²) in [4.78, 5) is 12.1. The summed E-state index contributed by atoms with van der Waals surface area (Å²) in [5.74, 6) is 0.877. The predicted molar refractivity (Wildman–Crippen MR) is 78.8 cm³/mol. The lowest BCUT2D eigenvalue weighted by Crippen LogP contribution is -2.02. The largest absolute Gasteiger partial charge is 0.496 e. The smallest absolute Gasteiger partial charge is 0.166 e. The molecular formula is C14H19IO2. The van der Waals surface area contributed by atoms with Crippen LogP contribution in [0.1, 0.15) is 49.4 Å². The van der Waals surface area contributed by atoms with E-state index in [4.69, 9.17) is 4.74 Å². The van der Waals surface area contributed by atoms with Gasteiger partial charge in [0.05, 0.1) is 12.7 Å². The van der Waals surface area contributed by atoms with Crippen molar-refractivity contribution in [2.24, 2.45) is 0 Å². The molecule has 0 saturated carbocycles. The molecule has 0 aliphatic heterocycles. The fourth-order valence-electron chi connectivity index (χ4n) is 1.75. The highest BCUT2D eigenvalue weighted by Crippen LogP contribution is 2.23. The van der Waals surface area contributed by atoms with Crippen molar-refractivity contribution in [3.05, 3.63) is 27.3 Å². The molecule has 0 bridgehead atoms. The summed E-state index contributed by atoms with van der Waals surface area (Å²) >= 11 is 2.22.